The van der Waals surface area contributed by atoms with Crippen molar-refractivity contribution in [2.75, 3.05) is 5.73 Å². The van der Waals surface area contributed by atoms with Crippen LogP contribution >= 0.6 is 56.8 Å². The molecule has 11 heavy (non-hydrogen) atoms. The maximum absolute atomic E-state index is 5.86. The van der Waals surface area contributed by atoms with E-state index in [1.165, 1.54) is 0 Å². The number of halogens is 3. The van der Waals surface area contributed by atoms with E-state index in [2.05, 4.69) is 50.2 Å². The summed E-state index contributed by atoms with van der Waals surface area (Å²) < 4.78 is 1.83. The number of nitrogens with zero attached hydrogens (tertiary/aromatic N) is 1. The van der Waals surface area contributed by atoms with Gasteiger partial charge in [-0.15, -0.1) is 0 Å². The lowest BCUT2D eigenvalue weighted by Crippen LogP contribution is -1.99. The molecule has 5 heteroatoms. The standard InChI is InChI=1S/C6H5ClI2N2/c1-2-3(7)5(10)4(8)6(9)11-2/h1H3,(H2,10,11). The summed E-state index contributed by atoms with van der Waals surface area (Å²) in [5.41, 5.74) is 7.11. The van der Waals surface area contributed by atoms with E-state index in [1.54, 1.807) is 0 Å². The number of hydrogen-bond donors (Lipinski definition) is 1. The molecule has 0 saturated heterocycles. The summed E-state index contributed by atoms with van der Waals surface area (Å²) in [5, 5.41) is 0.565. The summed E-state index contributed by atoms with van der Waals surface area (Å²) in [6.45, 7) is 1.84. The van der Waals surface area contributed by atoms with Gasteiger partial charge < -0.3 is 5.73 Å². The third kappa shape index (κ3) is 1.89. The van der Waals surface area contributed by atoms with E-state index in [0.717, 1.165) is 13.0 Å². The van der Waals surface area contributed by atoms with Crippen molar-refractivity contribution in [2.24, 2.45) is 0 Å². The second-order valence-electron chi connectivity index (χ2n) is 2.03. The van der Waals surface area contributed by atoms with E-state index in [0.29, 0.717) is 10.7 Å². The predicted octanol–water partition coefficient (Wildman–Crippen LogP) is 2.83. The highest BCUT2D eigenvalue weighted by atomic mass is 127. The van der Waals surface area contributed by atoms with Crippen molar-refractivity contribution < 1.29 is 0 Å². The van der Waals surface area contributed by atoms with Crippen LogP contribution in [0.2, 0.25) is 5.02 Å². The highest BCUT2D eigenvalue weighted by Crippen LogP contribution is 2.29. The number of nitrogens with two attached hydrogens (primary N) is 1. The third-order valence-electron chi connectivity index (χ3n) is 1.24. The van der Waals surface area contributed by atoms with Gasteiger partial charge in [0.25, 0.3) is 0 Å². The van der Waals surface area contributed by atoms with Gasteiger partial charge in [0.05, 0.1) is 20.0 Å². The highest BCUT2D eigenvalue weighted by molar-refractivity contribution is 14.1. The van der Waals surface area contributed by atoms with Gasteiger partial charge >= 0.3 is 0 Å². The minimum absolute atomic E-state index is 0.565. The first-order valence-corrected chi connectivity index (χ1v) is 5.34. The molecule has 2 nitrogen and oxygen atoms in total. The fourth-order valence-electron chi connectivity index (χ4n) is 0.648. The quantitative estimate of drug-likeness (QED) is 0.543. The fourth-order valence-corrected chi connectivity index (χ4v) is 1.99. The van der Waals surface area contributed by atoms with Crippen LogP contribution in [0.1, 0.15) is 5.69 Å². The fraction of sp³-hybridized carbons (Fsp3) is 0.167. The van der Waals surface area contributed by atoms with E-state index < -0.39 is 0 Å². The molecule has 1 aromatic rings. The summed E-state index contributed by atoms with van der Waals surface area (Å²) >= 11 is 10.1. The van der Waals surface area contributed by atoms with Gasteiger partial charge in [-0.1, -0.05) is 11.6 Å². The molecule has 2 N–H and O–H groups in total. The van der Waals surface area contributed by atoms with Crippen LogP contribution in [0.15, 0.2) is 0 Å². The third-order valence-corrected chi connectivity index (χ3v) is 4.62. The van der Waals surface area contributed by atoms with Crippen LogP contribution in [0.4, 0.5) is 5.69 Å². The topological polar surface area (TPSA) is 38.9 Å². The summed E-state index contributed by atoms with van der Waals surface area (Å²) in [6.07, 6.45) is 0. The molecule has 1 rings (SSSR count). The number of hydrogen-bond acceptors (Lipinski definition) is 2. The minimum Gasteiger partial charge on any atom is -0.397 e. The maximum atomic E-state index is 5.86. The Bertz CT molecular complexity index is 275. The first-order valence-electron chi connectivity index (χ1n) is 2.80. The van der Waals surface area contributed by atoms with Gasteiger partial charge in [-0.3, -0.25) is 0 Å². The normalized spacial score (nSPS) is 10.2. The first kappa shape index (κ1) is 9.79. The summed E-state index contributed by atoms with van der Waals surface area (Å²) in [4.78, 5) is 4.20. The molecule has 0 fully saturated rings. The first-order chi connectivity index (χ1) is 5.04. The molecule has 1 aromatic heterocycles. The number of pyridine rings is 1. The van der Waals surface area contributed by atoms with Crippen molar-refractivity contribution in [3.63, 3.8) is 0 Å². The van der Waals surface area contributed by atoms with Crippen LogP contribution in [-0.4, -0.2) is 4.98 Å². The average Bonchev–Trinajstić information content (AvgIpc) is 1.97. The number of aromatic nitrogens is 1. The molecule has 0 amide bonds. The Labute approximate surface area is 97.2 Å². The highest BCUT2D eigenvalue weighted by Gasteiger charge is 2.09. The van der Waals surface area contributed by atoms with Gasteiger partial charge in [0, 0.05) is 0 Å². The van der Waals surface area contributed by atoms with Crippen molar-refractivity contribution in [1.29, 1.82) is 0 Å². The van der Waals surface area contributed by atoms with Gasteiger partial charge in [0.15, 0.2) is 0 Å². The van der Waals surface area contributed by atoms with Crippen molar-refractivity contribution in [2.45, 2.75) is 6.92 Å². The Morgan fingerprint density at radius 1 is 1.45 bits per heavy atom. The molecule has 0 atom stereocenters. The van der Waals surface area contributed by atoms with Crippen molar-refractivity contribution >= 4 is 62.5 Å². The zero-order chi connectivity index (χ0) is 8.59. The summed E-state index contributed by atoms with van der Waals surface area (Å²) in [5.74, 6) is 0. The Balaban J connectivity index is 3.46. The van der Waals surface area contributed by atoms with Crippen LogP contribution in [0.5, 0.6) is 0 Å². The molecular weight excluding hydrogens is 389 g/mol. The lowest BCUT2D eigenvalue weighted by Gasteiger charge is -2.05. The minimum atomic E-state index is 0.565. The summed E-state index contributed by atoms with van der Waals surface area (Å²) in [6, 6.07) is 0. The zero-order valence-corrected chi connectivity index (χ0v) is 10.7. The van der Waals surface area contributed by atoms with Crippen LogP contribution in [-0.2, 0) is 0 Å². The van der Waals surface area contributed by atoms with E-state index >= 15 is 0 Å². The Kier molecular flexibility index (Phi) is 3.21. The molecular formula is C6H5ClI2N2. The lowest BCUT2D eigenvalue weighted by molar-refractivity contribution is 1.15. The van der Waals surface area contributed by atoms with Crippen LogP contribution < -0.4 is 5.73 Å². The largest absolute Gasteiger partial charge is 0.397 e. The molecule has 0 aliphatic carbocycles. The van der Waals surface area contributed by atoms with E-state index in [9.17, 15) is 0 Å². The monoisotopic (exact) mass is 394 g/mol. The Hall–Kier alpha value is 0.700. The van der Waals surface area contributed by atoms with Gasteiger partial charge in [0.1, 0.15) is 3.70 Å². The van der Waals surface area contributed by atoms with Crippen molar-refractivity contribution in [3.8, 4) is 0 Å². The van der Waals surface area contributed by atoms with Gasteiger partial charge in [-0.25, -0.2) is 4.98 Å². The van der Waals surface area contributed by atoms with E-state index in [4.69, 9.17) is 17.3 Å². The smallest absolute Gasteiger partial charge is 0.117 e. The Morgan fingerprint density at radius 2 is 2.00 bits per heavy atom. The number of aryl methyl sites for hydroxylation is 1. The van der Waals surface area contributed by atoms with E-state index in [-0.39, 0.29) is 0 Å². The molecule has 0 spiro atoms. The second kappa shape index (κ2) is 3.61. The maximum Gasteiger partial charge on any atom is 0.117 e. The zero-order valence-electron chi connectivity index (χ0n) is 5.66. The molecule has 0 unspecified atom stereocenters. The summed E-state index contributed by atoms with van der Waals surface area (Å²) in [7, 11) is 0. The number of nitrogen functional groups attached to an aromatic ring is 1. The molecule has 0 aliphatic rings. The molecule has 60 valence electrons. The molecule has 0 aliphatic heterocycles. The second-order valence-corrected chi connectivity index (χ2v) is 4.51. The van der Waals surface area contributed by atoms with Crippen LogP contribution in [0.3, 0.4) is 0 Å². The predicted molar refractivity (Wildman–Crippen MR) is 63.8 cm³/mol. The molecule has 0 aromatic carbocycles. The van der Waals surface area contributed by atoms with Crippen LogP contribution in [0.25, 0.3) is 0 Å². The van der Waals surface area contributed by atoms with Crippen molar-refractivity contribution in [3.05, 3.63) is 18.0 Å². The molecule has 0 saturated carbocycles. The van der Waals surface area contributed by atoms with Gasteiger partial charge in [-0.05, 0) is 52.1 Å². The molecule has 1 heterocycles. The van der Waals surface area contributed by atoms with E-state index in [1.807, 2.05) is 6.92 Å². The molecule has 0 radical (unpaired) electrons. The van der Waals surface area contributed by atoms with Crippen molar-refractivity contribution in [1.82, 2.24) is 4.98 Å². The van der Waals surface area contributed by atoms with Gasteiger partial charge in [-0.2, -0.15) is 0 Å². The average molecular weight is 394 g/mol. The lowest BCUT2D eigenvalue weighted by atomic mass is 10.3. The van der Waals surface area contributed by atoms with Crippen LogP contribution in [0, 0.1) is 14.2 Å². The number of anilines is 1. The Morgan fingerprint density at radius 3 is 2.55 bits per heavy atom. The molecule has 0 bridgehead atoms. The number of rotatable bonds is 0. The van der Waals surface area contributed by atoms with Gasteiger partial charge in [0.2, 0.25) is 0 Å². The SMILES string of the molecule is Cc1nc(I)c(I)c(N)c1Cl.